The smallest absolute Gasteiger partial charge is 0.337 e. The third-order valence-electron chi connectivity index (χ3n) is 7.89. The molecule has 5 rings (SSSR count). The minimum atomic E-state index is -0.305. The number of piperidine rings is 1. The molecule has 2 heterocycles. The zero-order valence-electron chi connectivity index (χ0n) is 23.0. The Morgan fingerprint density at radius 3 is 2.03 bits per heavy atom. The van der Waals surface area contributed by atoms with Gasteiger partial charge in [0.1, 0.15) is 17.3 Å². The van der Waals surface area contributed by atoms with Gasteiger partial charge in [0.2, 0.25) is 0 Å². The first-order valence-electron chi connectivity index (χ1n) is 13.8. The Balaban J connectivity index is 1.23. The molecule has 3 aromatic rings. The van der Waals surface area contributed by atoms with Gasteiger partial charge in [-0.25, -0.2) is 9.18 Å². The summed E-state index contributed by atoms with van der Waals surface area (Å²) >= 11 is 0. The highest BCUT2D eigenvalue weighted by atomic mass is 19.1. The zero-order chi connectivity index (χ0) is 27.4. The van der Waals surface area contributed by atoms with E-state index in [0.717, 1.165) is 79.4 Å². The predicted molar refractivity (Wildman–Crippen MR) is 151 cm³/mol. The minimum Gasteiger partial charge on any atom is -0.493 e. The average Bonchev–Trinajstić information content (AvgIpc) is 2.93. The molecule has 2 aliphatic heterocycles. The quantitative estimate of drug-likeness (QED) is 0.307. The molecule has 1 spiro atoms. The van der Waals surface area contributed by atoms with Crippen molar-refractivity contribution in [1.82, 2.24) is 4.90 Å². The van der Waals surface area contributed by atoms with Crippen molar-refractivity contribution in [2.24, 2.45) is 5.41 Å². The number of likely N-dealkylation sites (tertiary alicyclic amines) is 1. The Kier molecular flexibility index (Phi) is 8.07. The molecule has 2 fully saturated rings. The van der Waals surface area contributed by atoms with Crippen LogP contribution >= 0.6 is 0 Å². The summed E-state index contributed by atoms with van der Waals surface area (Å²) in [6, 6.07) is 18.4. The van der Waals surface area contributed by atoms with Crippen LogP contribution < -0.4 is 14.4 Å². The van der Waals surface area contributed by atoms with E-state index in [-0.39, 0.29) is 11.8 Å². The van der Waals surface area contributed by atoms with Crippen molar-refractivity contribution in [2.45, 2.75) is 33.2 Å². The Hall–Kier alpha value is -3.58. The zero-order valence-corrected chi connectivity index (χ0v) is 23.0. The molecule has 0 aromatic heterocycles. The number of benzene rings is 3. The molecule has 0 bridgehead atoms. The number of rotatable bonds is 9. The molecule has 0 aliphatic carbocycles. The average molecular weight is 533 g/mol. The van der Waals surface area contributed by atoms with Gasteiger partial charge in [0.05, 0.1) is 31.5 Å². The first kappa shape index (κ1) is 27.0. The standard InChI is InChI=1S/C32H37FN2O4/c1-4-38-28-18-23(19-29(39-5-2)30(28)24-6-10-26(33)11-7-24)20-34-16-14-32(15-17-34)21-35(22-32)27-12-8-25(9-13-27)31(36)37-3/h6-13,18-19H,4-5,14-17,20-22H2,1-3H3. The van der Waals surface area contributed by atoms with Crippen LogP contribution in [0.15, 0.2) is 60.7 Å². The summed E-state index contributed by atoms with van der Waals surface area (Å²) in [5.41, 5.74) is 5.00. The van der Waals surface area contributed by atoms with E-state index in [2.05, 4.69) is 21.9 Å². The molecule has 206 valence electrons. The van der Waals surface area contributed by atoms with E-state index in [9.17, 15) is 9.18 Å². The van der Waals surface area contributed by atoms with Crippen molar-refractivity contribution < 1.29 is 23.4 Å². The molecule has 0 atom stereocenters. The summed E-state index contributed by atoms with van der Waals surface area (Å²) < 4.78 is 30.5. The molecule has 6 nitrogen and oxygen atoms in total. The number of anilines is 1. The van der Waals surface area contributed by atoms with Gasteiger partial charge in [-0.2, -0.15) is 0 Å². The first-order chi connectivity index (χ1) is 18.9. The fourth-order valence-corrected chi connectivity index (χ4v) is 5.81. The third kappa shape index (κ3) is 5.88. The maximum Gasteiger partial charge on any atom is 0.337 e. The van der Waals surface area contributed by atoms with E-state index >= 15 is 0 Å². The summed E-state index contributed by atoms with van der Waals surface area (Å²) in [7, 11) is 1.40. The van der Waals surface area contributed by atoms with Gasteiger partial charge in [-0.3, -0.25) is 4.90 Å². The van der Waals surface area contributed by atoms with Crippen molar-refractivity contribution in [3.05, 3.63) is 77.6 Å². The Morgan fingerprint density at radius 1 is 0.897 bits per heavy atom. The highest BCUT2D eigenvalue weighted by Gasteiger charge is 2.44. The topological polar surface area (TPSA) is 51.2 Å². The summed E-state index contributed by atoms with van der Waals surface area (Å²) in [5.74, 6) is 0.971. The number of hydrogen-bond donors (Lipinski definition) is 0. The lowest BCUT2D eigenvalue weighted by molar-refractivity contribution is 0.0600. The van der Waals surface area contributed by atoms with Crippen molar-refractivity contribution in [2.75, 3.05) is 51.4 Å². The maximum absolute atomic E-state index is 13.6. The van der Waals surface area contributed by atoms with Crippen molar-refractivity contribution >= 4 is 11.7 Å². The summed E-state index contributed by atoms with van der Waals surface area (Å²) in [4.78, 5) is 16.6. The summed E-state index contributed by atoms with van der Waals surface area (Å²) in [5, 5.41) is 0. The lowest BCUT2D eigenvalue weighted by Gasteiger charge is -2.55. The van der Waals surface area contributed by atoms with E-state index < -0.39 is 0 Å². The van der Waals surface area contributed by atoms with Crippen LogP contribution in [0.1, 0.15) is 42.6 Å². The highest BCUT2D eigenvalue weighted by Crippen LogP contribution is 2.44. The largest absolute Gasteiger partial charge is 0.493 e. The van der Waals surface area contributed by atoms with Gasteiger partial charge in [-0.05, 0) is 99.4 Å². The van der Waals surface area contributed by atoms with Gasteiger partial charge in [0.25, 0.3) is 0 Å². The highest BCUT2D eigenvalue weighted by molar-refractivity contribution is 5.89. The van der Waals surface area contributed by atoms with E-state index in [1.54, 1.807) is 12.1 Å². The van der Waals surface area contributed by atoms with Gasteiger partial charge in [-0.15, -0.1) is 0 Å². The van der Waals surface area contributed by atoms with Gasteiger partial charge in [0, 0.05) is 30.7 Å². The van der Waals surface area contributed by atoms with Crippen LogP contribution in [-0.4, -0.2) is 57.4 Å². The van der Waals surface area contributed by atoms with Gasteiger partial charge in [0.15, 0.2) is 0 Å². The lowest BCUT2D eigenvalue weighted by atomic mass is 9.71. The molecule has 0 radical (unpaired) electrons. The molecule has 2 aliphatic rings. The number of carbonyl (C=O) groups excluding carboxylic acids is 1. The van der Waals surface area contributed by atoms with Crippen molar-refractivity contribution in [1.29, 1.82) is 0 Å². The van der Waals surface area contributed by atoms with Crippen molar-refractivity contribution in [3.63, 3.8) is 0 Å². The molecule has 7 heteroatoms. The van der Waals surface area contributed by atoms with Crippen LogP contribution in [0.2, 0.25) is 0 Å². The number of nitrogens with zero attached hydrogens (tertiary/aromatic N) is 2. The number of esters is 1. The molecule has 3 aromatic carbocycles. The van der Waals surface area contributed by atoms with E-state index in [1.165, 1.54) is 19.2 Å². The Bertz CT molecular complexity index is 1250. The fraction of sp³-hybridized carbons (Fsp3) is 0.406. The van der Waals surface area contributed by atoms with Gasteiger partial charge >= 0.3 is 5.97 Å². The van der Waals surface area contributed by atoms with Crippen LogP contribution in [0.5, 0.6) is 11.5 Å². The Morgan fingerprint density at radius 2 is 1.49 bits per heavy atom. The number of halogens is 1. The van der Waals surface area contributed by atoms with Crippen LogP contribution in [-0.2, 0) is 11.3 Å². The number of methoxy groups -OCH3 is 1. The van der Waals surface area contributed by atoms with Gasteiger partial charge in [-0.1, -0.05) is 12.1 Å². The molecule has 0 unspecified atom stereocenters. The minimum absolute atomic E-state index is 0.264. The van der Waals surface area contributed by atoms with Crippen LogP contribution in [0.25, 0.3) is 11.1 Å². The van der Waals surface area contributed by atoms with Crippen LogP contribution in [0.3, 0.4) is 0 Å². The summed E-state index contributed by atoms with van der Waals surface area (Å²) in [6.07, 6.45) is 2.32. The summed E-state index contributed by atoms with van der Waals surface area (Å²) in [6.45, 7) is 10.0. The lowest BCUT2D eigenvalue weighted by Crippen LogP contribution is -2.60. The second-order valence-corrected chi connectivity index (χ2v) is 10.5. The normalized spacial score (nSPS) is 16.6. The van der Waals surface area contributed by atoms with Crippen LogP contribution in [0, 0.1) is 11.2 Å². The molecule has 2 saturated heterocycles. The van der Waals surface area contributed by atoms with Crippen molar-refractivity contribution in [3.8, 4) is 22.6 Å². The molecular formula is C32H37FN2O4. The van der Waals surface area contributed by atoms with Crippen LogP contribution in [0.4, 0.5) is 10.1 Å². The van der Waals surface area contributed by atoms with Gasteiger partial charge < -0.3 is 19.1 Å². The Labute approximate surface area is 230 Å². The second-order valence-electron chi connectivity index (χ2n) is 10.5. The number of hydrogen-bond acceptors (Lipinski definition) is 6. The maximum atomic E-state index is 13.6. The van der Waals surface area contributed by atoms with E-state index in [1.807, 2.05) is 38.1 Å². The molecule has 0 N–H and O–H groups in total. The predicted octanol–water partition coefficient (Wildman–Crippen LogP) is 6.18. The molecule has 39 heavy (non-hydrogen) atoms. The number of carbonyl (C=O) groups is 1. The molecular weight excluding hydrogens is 495 g/mol. The monoisotopic (exact) mass is 532 g/mol. The van der Waals surface area contributed by atoms with E-state index in [0.29, 0.717) is 24.2 Å². The second kappa shape index (κ2) is 11.7. The fourth-order valence-electron chi connectivity index (χ4n) is 5.81. The SMILES string of the molecule is CCOc1cc(CN2CCC3(CC2)CN(c2ccc(C(=O)OC)cc2)C3)cc(OCC)c1-c1ccc(F)cc1. The third-order valence-corrected chi connectivity index (χ3v) is 7.89. The number of ether oxygens (including phenoxy) is 3. The first-order valence-corrected chi connectivity index (χ1v) is 13.8. The molecule has 0 saturated carbocycles. The van der Waals surface area contributed by atoms with E-state index in [4.69, 9.17) is 14.2 Å². The molecule has 0 amide bonds.